The van der Waals surface area contributed by atoms with Crippen molar-refractivity contribution in [3.63, 3.8) is 0 Å². The van der Waals surface area contributed by atoms with Gasteiger partial charge in [0, 0.05) is 11.3 Å². The molecule has 0 bridgehead atoms. The number of hydrogen-bond acceptors (Lipinski definition) is 4. The van der Waals surface area contributed by atoms with Crippen LogP contribution in [0.25, 0.3) is 10.9 Å². The fraction of sp³-hybridized carbons (Fsp3) is 0.0588. The summed E-state index contributed by atoms with van der Waals surface area (Å²) in [5.41, 5.74) is 6.71. The first kappa shape index (κ1) is 13.9. The van der Waals surface area contributed by atoms with E-state index in [1.165, 1.54) is 0 Å². The highest BCUT2D eigenvalue weighted by atomic mass is 16.6. The van der Waals surface area contributed by atoms with Gasteiger partial charge in [0.05, 0.1) is 5.52 Å². The number of fused-ring (bicyclic) bond motifs is 1. The van der Waals surface area contributed by atoms with Gasteiger partial charge in [-0.1, -0.05) is 24.3 Å². The normalized spacial score (nSPS) is 10.6. The average Bonchev–Trinajstić information content (AvgIpc) is 2.50. The molecule has 0 radical (unpaired) electrons. The monoisotopic (exact) mass is 294 g/mol. The molecule has 0 aliphatic carbocycles. The number of hydrogen-bond donors (Lipinski definition) is 1. The number of ether oxygens (including phenoxy) is 1. The van der Waals surface area contributed by atoms with Gasteiger partial charge in [-0.15, -0.1) is 0 Å². The van der Waals surface area contributed by atoms with E-state index in [-0.39, 0.29) is 0 Å². The summed E-state index contributed by atoms with van der Waals surface area (Å²) in [6.07, 6.45) is -0.754. The van der Waals surface area contributed by atoms with E-state index in [0.717, 1.165) is 9.95 Å². The Bertz CT molecular complexity index is 914. The Morgan fingerprint density at radius 2 is 1.82 bits per heavy atom. The van der Waals surface area contributed by atoms with E-state index in [2.05, 4.69) is 0 Å². The van der Waals surface area contributed by atoms with Crippen molar-refractivity contribution in [1.29, 1.82) is 0 Å². The Morgan fingerprint density at radius 3 is 2.55 bits per heavy atom. The molecule has 0 fully saturated rings. The molecule has 0 atom stereocenters. The highest BCUT2D eigenvalue weighted by molar-refractivity contribution is 5.90. The van der Waals surface area contributed by atoms with E-state index in [4.69, 9.17) is 10.5 Å². The highest BCUT2D eigenvalue weighted by Gasteiger charge is 2.15. The number of aryl methyl sites for hydroxylation is 1. The maximum Gasteiger partial charge on any atom is 0.426 e. The van der Waals surface area contributed by atoms with Crippen molar-refractivity contribution in [3.8, 4) is 5.75 Å². The predicted octanol–water partition coefficient (Wildman–Crippen LogP) is 2.94. The van der Waals surface area contributed by atoms with E-state index in [1.807, 2.05) is 6.07 Å². The van der Waals surface area contributed by atoms with E-state index in [0.29, 0.717) is 22.5 Å². The third kappa shape index (κ3) is 2.44. The zero-order valence-electron chi connectivity index (χ0n) is 11.9. The molecule has 5 nitrogen and oxygen atoms in total. The molecule has 22 heavy (non-hydrogen) atoms. The summed E-state index contributed by atoms with van der Waals surface area (Å²) in [6.45, 7) is 1.66. The van der Waals surface area contributed by atoms with Crippen LogP contribution in [0.5, 0.6) is 5.75 Å². The van der Waals surface area contributed by atoms with Crippen LogP contribution in [0.4, 0.5) is 10.5 Å². The fourth-order valence-corrected chi connectivity index (χ4v) is 2.27. The SMILES string of the molecule is Cc1cc2ccc(N)cc2n(C(=O)Oc2ccccc2)c1=O. The minimum Gasteiger partial charge on any atom is -0.410 e. The molecule has 110 valence electrons. The van der Waals surface area contributed by atoms with E-state index in [1.54, 1.807) is 55.5 Å². The molecule has 2 aromatic carbocycles. The van der Waals surface area contributed by atoms with Gasteiger partial charge >= 0.3 is 6.09 Å². The Balaban J connectivity index is 2.16. The second kappa shape index (κ2) is 5.37. The first-order valence-corrected chi connectivity index (χ1v) is 6.75. The number of pyridine rings is 1. The Labute approximate surface area is 126 Å². The molecule has 0 aliphatic heterocycles. The molecule has 3 rings (SSSR count). The van der Waals surface area contributed by atoms with Crippen LogP contribution in [0, 0.1) is 6.92 Å². The van der Waals surface area contributed by atoms with Gasteiger partial charge in [0.1, 0.15) is 5.75 Å². The smallest absolute Gasteiger partial charge is 0.410 e. The van der Waals surface area contributed by atoms with Gasteiger partial charge in [0.25, 0.3) is 5.56 Å². The summed E-state index contributed by atoms with van der Waals surface area (Å²) < 4.78 is 6.28. The van der Waals surface area contributed by atoms with Gasteiger partial charge in [0.2, 0.25) is 0 Å². The van der Waals surface area contributed by atoms with Crippen LogP contribution in [0.1, 0.15) is 5.56 Å². The number of carbonyl (C=O) groups is 1. The topological polar surface area (TPSA) is 74.3 Å². The summed E-state index contributed by atoms with van der Waals surface area (Å²) in [5.74, 6) is 0.373. The molecule has 5 heteroatoms. The summed E-state index contributed by atoms with van der Waals surface area (Å²) in [5, 5.41) is 0.747. The largest absolute Gasteiger partial charge is 0.426 e. The van der Waals surface area contributed by atoms with Gasteiger partial charge in [-0.05, 0) is 42.6 Å². The van der Waals surface area contributed by atoms with E-state index in [9.17, 15) is 9.59 Å². The lowest BCUT2D eigenvalue weighted by Gasteiger charge is -2.11. The van der Waals surface area contributed by atoms with E-state index >= 15 is 0 Å². The Hall–Kier alpha value is -3.08. The number of nitrogen functional groups attached to an aromatic ring is 1. The van der Waals surface area contributed by atoms with Crippen molar-refractivity contribution in [2.45, 2.75) is 6.92 Å². The Morgan fingerprint density at radius 1 is 1.09 bits per heavy atom. The zero-order chi connectivity index (χ0) is 15.7. The molecule has 2 N–H and O–H groups in total. The minimum absolute atomic E-state index is 0.373. The fourth-order valence-electron chi connectivity index (χ4n) is 2.27. The predicted molar refractivity (Wildman–Crippen MR) is 85.2 cm³/mol. The summed E-state index contributed by atoms with van der Waals surface area (Å²) in [7, 11) is 0. The Kier molecular flexibility index (Phi) is 3.39. The second-order valence-electron chi connectivity index (χ2n) is 4.97. The maximum atomic E-state index is 12.4. The van der Waals surface area contributed by atoms with Gasteiger partial charge < -0.3 is 10.5 Å². The molecule has 0 saturated heterocycles. The van der Waals surface area contributed by atoms with Gasteiger partial charge in [-0.25, -0.2) is 9.36 Å². The third-order valence-electron chi connectivity index (χ3n) is 3.34. The van der Waals surface area contributed by atoms with Crippen LogP contribution in [-0.4, -0.2) is 10.7 Å². The lowest BCUT2D eigenvalue weighted by molar-refractivity contribution is 0.202. The number of rotatable bonds is 1. The molecular weight excluding hydrogens is 280 g/mol. The van der Waals surface area contributed by atoms with Crippen molar-refractivity contribution >= 4 is 22.7 Å². The van der Waals surface area contributed by atoms with Crippen LogP contribution >= 0.6 is 0 Å². The number of anilines is 1. The number of nitrogens with two attached hydrogens (primary N) is 1. The molecule has 1 heterocycles. The van der Waals surface area contributed by atoms with Crippen LogP contribution in [0.15, 0.2) is 59.4 Å². The standard InChI is InChI=1S/C17H14N2O3/c1-11-9-12-7-8-13(18)10-15(12)19(16(11)20)17(21)22-14-5-3-2-4-6-14/h2-10H,18H2,1H3. The molecule has 0 unspecified atom stereocenters. The van der Waals surface area contributed by atoms with Crippen molar-refractivity contribution in [2.24, 2.45) is 0 Å². The molecular formula is C17H14N2O3. The van der Waals surface area contributed by atoms with Gasteiger partial charge in [0.15, 0.2) is 0 Å². The average molecular weight is 294 g/mol. The van der Waals surface area contributed by atoms with Crippen LogP contribution in [-0.2, 0) is 0 Å². The molecule has 0 saturated carbocycles. The number of para-hydroxylation sites is 1. The van der Waals surface area contributed by atoms with Crippen LogP contribution in [0.2, 0.25) is 0 Å². The molecule has 0 aliphatic rings. The first-order chi connectivity index (χ1) is 10.6. The second-order valence-corrected chi connectivity index (χ2v) is 4.97. The van der Waals surface area contributed by atoms with Crippen molar-refractivity contribution in [2.75, 3.05) is 5.73 Å². The quantitative estimate of drug-likeness (QED) is 0.700. The highest BCUT2D eigenvalue weighted by Crippen LogP contribution is 2.18. The van der Waals surface area contributed by atoms with Crippen molar-refractivity contribution < 1.29 is 9.53 Å². The molecule has 1 aromatic heterocycles. The van der Waals surface area contributed by atoms with Crippen molar-refractivity contribution in [1.82, 2.24) is 4.57 Å². The third-order valence-corrected chi connectivity index (χ3v) is 3.34. The summed E-state index contributed by atoms with van der Waals surface area (Å²) in [6, 6.07) is 15.4. The van der Waals surface area contributed by atoms with Gasteiger partial charge in [-0.2, -0.15) is 0 Å². The molecule has 0 spiro atoms. The zero-order valence-corrected chi connectivity index (χ0v) is 11.9. The number of benzene rings is 2. The lowest BCUT2D eigenvalue weighted by Crippen LogP contribution is -2.31. The molecule has 3 aromatic rings. The maximum absolute atomic E-state index is 12.4. The van der Waals surface area contributed by atoms with Gasteiger partial charge in [-0.3, -0.25) is 4.79 Å². The summed E-state index contributed by atoms with van der Waals surface area (Å²) in [4.78, 5) is 24.8. The molecule has 0 amide bonds. The van der Waals surface area contributed by atoms with Crippen molar-refractivity contribution in [3.05, 3.63) is 70.5 Å². The number of carbonyl (C=O) groups excluding carboxylic acids is 1. The summed E-state index contributed by atoms with van der Waals surface area (Å²) >= 11 is 0. The number of aromatic nitrogens is 1. The number of nitrogens with zero attached hydrogens (tertiary/aromatic N) is 1. The van der Waals surface area contributed by atoms with E-state index < -0.39 is 11.7 Å². The first-order valence-electron chi connectivity index (χ1n) is 6.75. The lowest BCUT2D eigenvalue weighted by atomic mass is 10.1. The van der Waals surface area contributed by atoms with Crippen LogP contribution < -0.4 is 16.0 Å². The minimum atomic E-state index is -0.754. The van der Waals surface area contributed by atoms with Crippen LogP contribution in [0.3, 0.4) is 0 Å².